The first kappa shape index (κ1) is 29.3. The molecule has 0 saturated carbocycles. The summed E-state index contributed by atoms with van der Waals surface area (Å²) < 4.78 is 6.64. The van der Waals surface area contributed by atoms with Crippen LogP contribution in [0.15, 0.2) is 162 Å². The van der Waals surface area contributed by atoms with Crippen molar-refractivity contribution in [2.45, 2.75) is 12.8 Å². The molecule has 9 aromatic rings. The van der Waals surface area contributed by atoms with E-state index in [1.165, 1.54) is 16.5 Å². The van der Waals surface area contributed by atoms with E-state index in [0.717, 1.165) is 90.8 Å². The summed E-state index contributed by atoms with van der Waals surface area (Å²) in [7, 11) is 0. The third-order valence-corrected chi connectivity index (χ3v) is 9.92. The summed E-state index contributed by atoms with van der Waals surface area (Å²) in [5, 5.41) is 4.47. The highest BCUT2D eigenvalue weighted by Crippen LogP contribution is 2.42. The highest BCUT2D eigenvalue weighted by molar-refractivity contribution is 6.14. The highest BCUT2D eigenvalue weighted by atomic mass is 16.3. The maximum atomic E-state index is 6.64. The number of rotatable bonds is 5. The molecule has 0 radical (unpaired) electrons. The zero-order chi connectivity index (χ0) is 33.7. The molecule has 0 unspecified atom stereocenters. The van der Waals surface area contributed by atoms with Crippen LogP contribution < -0.4 is 0 Å². The Balaban J connectivity index is 1.09. The molecule has 4 heteroatoms. The lowest BCUT2D eigenvalue weighted by atomic mass is 9.96. The number of pyridine rings is 1. The van der Waals surface area contributed by atoms with Gasteiger partial charge < -0.3 is 4.42 Å². The first-order valence-electron chi connectivity index (χ1n) is 17.4. The number of allylic oxidation sites excluding steroid dienone is 1. The SMILES string of the molecule is C1=Cc2c(oc3c2c(-c2ccc(-c4cc(-c5ccc(-c6ccccc6)cc5)nc(-c5ccccc5)n4)cc2)nc2cc4ccccc4cc23)CC1. The average molecular weight is 654 g/mol. The maximum absolute atomic E-state index is 6.64. The number of nitrogens with zero attached hydrogens (tertiary/aromatic N) is 3. The fourth-order valence-corrected chi connectivity index (χ4v) is 7.30. The van der Waals surface area contributed by atoms with E-state index in [1.807, 2.05) is 24.3 Å². The van der Waals surface area contributed by atoms with Gasteiger partial charge in [-0.15, -0.1) is 0 Å². The van der Waals surface area contributed by atoms with Gasteiger partial charge in [-0.25, -0.2) is 15.0 Å². The average Bonchev–Trinajstić information content (AvgIpc) is 3.61. The normalized spacial score (nSPS) is 12.5. The summed E-state index contributed by atoms with van der Waals surface area (Å²) in [5.74, 6) is 1.73. The van der Waals surface area contributed by atoms with Crippen LogP contribution in [0, 0.1) is 0 Å². The Morgan fingerprint density at radius 1 is 0.490 bits per heavy atom. The molecular formula is C47H31N3O. The van der Waals surface area contributed by atoms with Gasteiger partial charge in [0.05, 0.1) is 28.0 Å². The lowest BCUT2D eigenvalue weighted by Crippen LogP contribution is -1.96. The molecule has 0 amide bonds. The molecule has 4 nitrogen and oxygen atoms in total. The van der Waals surface area contributed by atoms with Crippen molar-refractivity contribution >= 4 is 38.7 Å². The van der Waals surface area contributed by atoms with Gasteiger partial charge in [0, 0.05) is 39.6 Å². The van der Waals surface area contributed by atoms with E-state index in [4.69, 9.17) is 19.4 Å². The van der Waals surface area contributed by atoms with Crippen LogP contribution in [0.4, 0.5) is 0 Å². The molecule has 6 aromatic carbocycles. The molecule has 1 aliphatic rings. The van der Waals surface area contributed by atoms with Crippen LogP contribution in [-0.4, -0.2) is 15.0 Å². The molecule has 0 N–H and O–H groups in total. The molecule has 1 aliphatic carbocycles. The van der Waals surface area contributed by atoms with Gasteiger partial charge in [0.1, 0.15) is 11.3 Å². The Hall–Kier alpha value is -6.65. The van der Waals surface area contributed by atoms with Gasteiger partial charge in [-0.1, -0.05) is 146 Å². The molecule has 51 heavy (non-hydrogen) atoms. The van der Waals surface area contributed by atoms with E-state index in [2.05, 4.69) is 140 Å². The highest BCUT2D eigenvalue weighted by Gasteiger charge is 2.22. The van der Waals surface area contributed by atoms with Crippen LogP contribution in [-0.2, 0) is 6.42 Å². The monoisotopic (exact) mass is 653 g/mol. The molecule has 0 atom stereocenters. The fraction of sp³-hybridized carbons (Fsp3) is 0.0426. The standard InChI is InChI=1S/C47H31N3O/c1-3-11-30(12-4-1)31-19-21-32(22-20-31)40-29-41(50-47(49-40)35-13-5-2-6-14-35)33-23-25-34(26-24-33)45-44-38-17-9-10-18-43(38)51-46(44)39-27-36-15-7-8-16-37(36)28-42(39)48-45/h1-9,11-17,19-29H,10,18H2. The number of hydrogen-bond donors (Lipinski definition) is 0. The van der Waals surface area contributed by atoms with Gasteiger partial charge in [0.25, 0.3) is 0 Å². The van der Waals surface area contributed by atoms with Gasteiger partial charge in [0.2, 0.25) is 0 Å². The molecule has 0 bridgehead atoms. The first-order valence-corrected chi connectivity index (χ1v) is 17.4. The van der Waals surface area contributed by atoms with Gasteiger partial charge in [0.15, 0.2) is 5.82 Å². The van der Waals surface area contributed by atoms with E-state index in [1.54, 1.807) is 0 Å². The topological polar surface area (TPSA) is 51.8 Å². The Morgan fingerprint density at radius 3 is 1.75 bits per heavy atom. The van der Waals surface area contributed by atoms with E-state index in [-0.39, 0.29) is 0 Å². The molecule has 0 aliphatic heterocycles. The molecule has 10 rings (SSSR count). The third-order valence-electron chi connectivity index (χ3n) is 9.92. The van der Waals surface area contributed by atoms with Crippen molar-refractivity contribution in [2.75, 3.05) is 0 Å². The van der Waals surface area contributed by atoms with Crippen LogP contribution in [0.2, 0.25) is 0 Å². The first-order chi connectivity index (χ1) is 25.2. The number of hydrogen-bond acceptors (Lipinski definition) is 4. The van der Waals surface area contributed by atoms with Crippen LogP contribution >= 0.6 is 0 Å². The van der Waals surface area contributed by atoms with Gasteiger partial charge >= 0.3 is 0 Å². The zero-order valence-corrected chi connectivity index (χ0v) is 27.8. The summed E-state index contributed by atoms with van der Waals surface area (Å²) in [4.78, 5) is 15.5. The third kappa shape index (κ3) is 5.20. The predicted octanol–water partition coefficient (Wildman–Crippen LogP) is 12.2. The second-order valence-corrected chi connectivity index (χ2v) is 13.1. The van der Waals surface area contributed by atoms with Crippen molar-refractivity contribution in [3.63, 3.8) is 0 Å². The summed E-state index contributed by atoms with van der Waals surface area (Å²) in [6.45, 7) is 0. The van der Waals surface area contributed by atoms with E-state index >= 15 is 0 Å². The molecule has 0 saturated heterocycles. The predicted molar refractivity (Wildman–Crippen MR) is 209 cm³/mol. The number of aryl methyl sites for hydroxylation is 1. The minimum atomic E-state index is 0.696. The van der Waals surface area contributed by atoms with Gasteiger partial charge in [-0.3, -0.25) is 0 Å². The van der Waals surface area contributed by atoms with Crippen molar-refractivity contribution in [1.82, 2.24) is 15.0 Å². The van der Waals surface area contributed by atoms with E-state index in [0.29, 0.717) is 5.82 Å². The maximum Gasteiger partial charge on any atom is 0.160 e. The van der Waals surface area contributed by atoms with E-state index < -0.39 is 0 Å². The van der Waals surface area contributed by atoms with Gasteiger partial charge in [-0.2, -0.15) is 0 Å². The number of furan rings is 1. The summed E-state index contributed by atoms with van der Waals surface area (Å²) >= 11 is 0. The Labute approximate surface area is 295 Å². The summed E-state index contributed by atoms with van der Waals surface area (Å²) in [5.41, 5.74) is 12.1. The molecule has 3 heterocycles. The van der Waals surface area contributed by atoms with Crippen molar-refractivity contribution in [3.05, 3.63) is 169 Å². The number of benzene rings is 6. The minimum Gasteiger partial charge on any atom is -0.460 e. The quantitative estimate of drug-likeness (QED) is 0.173. The lowest BCUT2D eigenvalue weighted by Gasteiger charge is -2.12. The molecule has 3 aromatic heterocycles. The minimum absolute atomic E-state index is 0.696. The van der Waals surface area contributed by atoms with Crippen molar-refractivity contribution < 1.29 is 4.42 Å². The summed E-state index contributed by atoms with van der Waals surface area (Å²) in [6.07, 6.45) is 6.31. The van der Waals surface area contributed by atoms with Crippen LogP contribution in [0.25, 0.3) is 95.0 Å². The second-order valence-electron chi connectivity index (χ2n) is 13.1. The number of aromatic nitrogens is 3. The van der Waals surface area contributed by atoms with Crippen molar-refractivity contribution in [2.24, 2.45) is 0 Å². The zero-order valence-electron chi connectivity index (χ0n) is 27.8. The Kier molecular flexibility index (Phi) is 6.91. The second kappa shape index (κ2) is 12.0. The molecule has 240 valence electrons. The van der Waals surface area contributed by atoms with Crippen molar-refractivity contribution in [3.8, 4) is 56.3 Å². The van der Waals surface area contributed by atoms with Crippen LogP contribution in [0.5, 0.6) is 0 Å². The molecule has 0 fully saturated rings. The number of fused-ring (bicyclic) bond motifs is 6. The fourth-order valence-electron chi connectivity index (χ4n) is 7.30. The molecular weight excluding hydrogens is 623 g/mol. The van der Waals surface area contributed by atoms with Crippen LogP contribution in [0.1, 0.15) is 17.7 Å². The van der Waals surface area contributed by atoms with Crippen molar-refractivity contribution in [1.29, 1.82) is 0 Å². The van der Waals surface area contributed by atoms with E-state index in [9.17, 15) is 0 Å². The largest absolute Gasteiger partial charge is 0.460 e. The van der Waals surface area contributed by atoms with Crippen LogP contribution in [0.3, 0.4) is 0 Å². The summed E-state index contributed by atoms with van der Waals surface area (Å²) in [6, 6.07) is 52.8. The van der Waals surface area contributed by atoms with Gasteiger partial charge in [-0.05, 0) is 46.5 Å². The Morgan fingerprint density at radius 2 is 1.06 bits per heavy atom. The molecule has 0 spiro atoms. The Bertz CT molecular complexity index is 2760. The smallest absolute Gasteiger partial charge is 0.160 e. The lowest BCUT2D eigenvalue weighted by molar-refractivity contribution is 0.548.